The van der Waals surface area contributed by atoms with Crippen LogP contribution in [-0.4, -0.2) is 70.3 Å². The highest BCUT2D eigenvalue weighted by Crippen LogP contribution is 2.22. The molecule has 0 aliphatic heterocycles. The van der Waals surface area contributed by atoms with E-state index in [0.29, 0.717) is 29.3 Å². The lowest BCUT2D eigenvalue weighted by molar-refractivity contribution is -0.904. The number of quaternary nitrogens is 1. The summed E-state index contributed by atoms with van der Waals surface area (Å²) in [5.41, 5.74) is 1.24. The molecule has 174 valence electrons. The molecule has 0 aliphatic carbocycles. The minimum absolute atomic E-state index is 0.0650. The lowest BCUT2D eigenvalue weighted by Crippen LogP contribution is -2.48. The van der Waals surface area contributed by atoms with E-state index in [1.165, 1.54) is 0 Å². The number of hydrogen-bond acceptors (Lipinski definition) is 4. The van der Waals surface area contributed by atoms with Crippen molar-refractivity contribution in [3.05, 3.63) is 54.1 Å². The van der Waals surface area contributed by atoms with E-state index in [0.717, 1.165) is 24.1 Å². The van der Waals surface area contributed by atoms with Gasteiger partial charge in [-0.15, -0.1) is 0 Å². The van der Waals surface area contributed by atoms with Crippen molar-refractivity contribution in [2.24, 2.45) is 0 Å². The number of nitrogens with one attached hydrogen (secondary N) is 1. The van der Waals surface area contributed by atoms with Gasteiger partial charge in [-0.1, -0.05) is 0 Å². The van der Waals surface area contributed by atoms with Crippen molar-refractivity contribution < 1.29 is 23.5 Å². The third-order valence-electron chi connectivity index (χ3n) is 6.03. The molecule has 0 heterocycles. The summed E-state index contributed by atoms with van der Waals surface area (Å²) in [7, 11) is 5.37. The van der Waals surface area contributed by atoms with E-state index in [1.54, 1.807) is 55.5 Å². The Hall–Kier alpha value is -3.06. The maximum atomic E-state index is 13.3. The first kappa shape index (κ1) is 25.2. The molecule has 7 nitrogen and oxygen atoms in total. The third-order valence-corrected chi connectivity index (χ3v) is 6.03. The molecule has 7 heteroatoms. The van der Waals surface area contributed by atoms with Gasteiger partial charge in [0.15, 0.2) is 0 Å². The zero-order valence-corrected chi connectivity index (χ0v) is 19.9. The van der Waals surface area contributed by atoms with E-state index >= 15 is 0 Å². The van der Waals surface area contributed by atoms with Crippen LogP contribution in [0.5, 0.6) is 11.5 Å². The lowest BCUT2D eigenvalue weighted by Gasteiger charge is -2.32. The summed E-state index contributed by atoms with van der Waals surface area (Å²) in [5, 5.41) is 3.00. The highest BCUT2D eigenvalue weighted by Gasteiger charge is 2.20. The fourth-order valence-electron chi connectivity index (χ4n) is 3.31. The maximum Gasteiger partial charge on any atom is 0.258 e. The number of hydrogen-bond donors (Lipinski definition) is 1. The van der Waals surface area contributed by atoms with Crippen LogP contribution < -0.4 is 19.7 Å². The van der Waals surface area contributed by atoms with Gasteiger partial charge >= 0.3 is 0 Å². The van der Waals surface area contributed by atoms with E-state index < -0.39 is 0 Å². The van der Waals surface area contributed by atoms with E-state index in [-0.39, 0.29) is 24.8 Å². The monoisotopic (exact) mass is 442 g/mol. The molecule has 2 amide bonds. The number of carbonyl (C=O) groups is 2. The van der Waals surface area contributed by atoms with Crippen molar-refractivity contribution in [2.45, 2.75) is 20.3 Å². The van der Waals surface area contributed by atoms with Gasteiger partial charge in [0.05, 0.1) is 47.4 Å². The summed E-state index contributed by atoms with van der Waals surface area (Å²) in [6.45, 7) is 8.13. The number of rotatable bonds is 12. The molecule has 0 radical (unpaired) electrons. The first-order chi connectivity index (χ1) is 15.4. The predicted octanol–water partition coefficient (Wildman–Crippen LogP) is 3.34. The molecule has 2 aromatic carbocycles. The fourth-order valence-corrected chi connectivity index (χ4v) is 3.31. The number of benzene rings is 2. The van der Waals surface area contributed by atoms with E-state index in [9.17, 15) is 9.59 Å². The van der Waals surface area contributed by atoms with Crippen LogP contribution >= 0.6 is 0 Å². The lowest BCUT2D eigenvalue weighted by atomic mass is 10.1. The number of nitrogens with zero attached hydrogens (tertiary/aromatic N) is 2. The second kappa shape index (κ2) is 12.1. The summed E-state index contributed by atoms with van der Waals surface area (Å²) in [5.74, 6) is 1.15. The average Bonchev–Trinajstić information content (AvgIpc) is 2.84. The molecule has 0 saturated heterocycles. The summed E-state index contributed by atoms with van der Waals surface area (Å²) < 4.78 is 11.3. The Labute approximate surface area is 191 Å². The van der Waals surface area contributed by atoms with Gasteiger partial charge in [-0.2, -0.15) is 0 Å². The molecule has 2 rings (SSSR count). The smallest absolute Gasteiger partial charge is 0.258 e. The molecule has 0 unspecified atom stereocenters. The van der Waals surface area contributed by atoms with E-state index in [4.69, 9.17) is 9.47 Å². The van der Waals surface area contributed by atoms with Crippen LogP contribution in [0.25, 0.3) is 0 Å². The van der Waals surface area contributed by atoms with Crippen LogP contribution in [0, 0.1) is 0 Å². The largest absolute Gasteiger partial charge is 0.497 e. The van der Waals surface area contributed by atoms with Gasteiger partial charge in [-0.25, -0.2) is 0 Å². The van der Waals surface area contributed by atoms with Gasteiger partial charge < -0.3 is 24.2 Å². The molecule has 1 N–H and O–H groups in total. The van der Waals surface area contributed by atoms with E-state index in [1.807, 2.05) is 12.1 Å². The molecule has 2 aromatic rings. The van der Waals surface area contributed by atoms with Crippen molar-refractivity contribution in [3.8, 4) is 11.5 Å². The first-order valence-electron chi connectivity index (χ1n) is 11.1. The Kier molecular flexibility index (Phi) is 9.53. The highest BCUT2D eigenvalue weighted by molar-refractivity contribution is 6.06. The van der Waals surface area contributed by atoms with Gasteiger partial charge in [0.2, 0.25) is 5.91 Å². The zero-order valence-electron chi connectivity index (χ0n) is 19.9. The molecule has 0 fully saturated rings. The molecule has 0 saturated carbocycles. The predicted molar refractivity (Wildman–Crippen MR) is 127 cm³/mol. The molecule has 0 atom stereocenters. The van der Waals surface area contributed by atoms with Crippen molar-refractivity contribution in [3.63, 3.8) is 0 Å². The minimum atomic E-state index is -0.174. The second-order valence-corrected chi connectivity index (χ2v) is 7.96. The molecule has 32 heavy (non-hydrogen) atoms. The minimum Gasteiger partial charge on any atom is -0.497 e. The van der Waals surface area contributed by atoms with Crippen LogP contribution in [0.2, 0.25) is 0 Å². The number of likely N-dealkylation sites (N-methyl/N-ethyl adjacent to an activating group) is 1. The summed E-state index contributed by atoms with van der Waals surface area (Å²) >= 11 is 0. The van der Waals surface area contributed by atoms with Gasteiger partial charge in [0, 0.05) is 24.2 Å². The van der Waals surface area contributed by atoms with Gasteiger partial charge in [-0.05, 0) is 62.4 Å². The maximum absolute atomic E-state index is 13.3. The number of methoxy groups -OCH3 is 2. The van der Waals surface area contributed by atoms with Crippen molar-refractivity contribution in [2.75, 3.05) is 58.9 Å². The van der Waals surface area contributed by atoms with Gasteiger partial charge in [0.25, 0.3) is 5.91 Å². The zero-order chi connectivity index (χ0) is 23.6. The van der Waals surface area contributed by atoms with Crippen LogP contribution in [-0.2, 0) is 4.79 Å². The Morgan fingerprint density at radius 1 is 0.906 bits per heavy atom. The molecular formula is C25H36N3O4+. The van der Waals surface area contributed by atoms with Gasteiger partial charge in [-0.3, -0.25) is 9.59 Å². The molecule has 0 aliphatic rings. The second-order valence-electron chi connectivity index (χ2n) is 7.96. The van der Waals surface area contributed by atoms with Crippen molar-refractivity contribution >= 4 is 17.5 Å². The Morgan fingerprint density at radius 3 is 1.94 bits per heavy atom. The van der Waals surface area contributed by atoms with Crippen LogP contribution in [0.1, 0.15) is 30.6 Å². The Balaban J connectivity index is 2.08. The van der Waals surface area contributed by atoms with E-state index in [2.05, 4.69) is 26.2 Å². The van der Waals surface area contributed by atoms with Crippen LogP contribution in [0.4, 0.5) is 5.69 Å². The molecule has 0 spiro atoms. The standard InChI is InChI=1S/C25H35N3O4/c1-6-28(3,7-2)19-17-26-24(29)16-18-27(21-10-14-23(32-5)15-11-21)25(30)20-8-12-22(31-4)13-9-20/h8-15H,6-7,16-19H2,1-5H3/p+1. The number of anilines is 1. The van der Waals surface area contributed by atoms with Crippen molar-refractivity contribution in [1.82, 2.24) is 5.32 Å². The SMILES string of the molecule is CC[N+](C)(CC)CCNC(=O)CCN(C(=O)c1ccc(OC)cc1)c1ccc(OC)cc1. The quantitative estimate of drug-likeness (QED) is 0.512. The Morgan fingerprint density at radius 2 is 1.44 bits per heavy atom. The fraction of sp³-hybridized carbons (Fsp3) is 0.440. The molecular weight excluding hydrogens is 406 g/mol. The highest BCUT2D eigenvalue weighted by atomic mass is 16.5. The Bertz CT molecular complexity index is 862. The molecule has 0 bridgehead atoms. The average molecular weight is 443 g/mol. The van der Waals surface area contributed by atoms with Crippen LogP contribution in [0.15, 0.2) is 48.5 Å². The summed E-state index contributed by atoms with van der Waals surface area (Å²) in [6, 6.07) is 14.2. The topological polar surface area (TPSA) is 67.9 Å². The number of ether oxygens (including phenoxy) is 2. The normalized spacial score (nSPS) is 11.0. The first-order valence-corrected chi connectivity index (χ1v) is 11.1. The summed E-state index contributed by atoms with van der Waals surface area (Å²) in [4.78, 5) is 27.4. The third kappa shape index (κ3) is 6.99. The number of carbonyl (C=O) groups excluding carboxylic acids is 2. The number of amides is 2. The van der Waals surface area contributed by atoms with Crippen LogP contribution in [0.3, 0.4) is 0 Å². The molecule has 0 aromatic heterocycles. The summed E-state index contributed by atoms with van der Waals surface area (Å²) in [6.07, 6.45) is 0.218. The van der Waals surface area contributed by atoms with Crippen molar-refractivity contribution in [1.29, 1.82) is 0 Å². The van der Waals surface area contributed by atoms with Gasteiger partial charge in [0.1, 0.15) is 11.5 Å².